The molecule has 0 saturated heterocycles. The van der Waals surface area contributed by atoms with Gasteiger partial charge in [-0.2, -0.15) is 0 Å². The van der Waals surface area contributed by atoms with Gasteiger partial charge in [0.25, 0.3) is 0 Å². The van der Waals surface area contributed by atoms with Crippen LogP contribution in [0.25, 0.3) is 10.2 Å². The topological polar surface area (TPSA) is 42.0 Å². The van der Waals surface area contributed by atoms with Gasteiger partial charge in [-0.25, -0.2) is 4.98 Å². The Hall–Kier alpha value is -1.68. The number of rotatable bonds is 3. The van der Waals surface area contributed by atoms with E-state index in [0.29, 0.717) is 5.13 Å². The molecule has 1 heterocycles. The predicted molar refractivity (Wildman–Crippen MR) is 72.4 cm³/mol. The zero-order valence-corrected chi connectivity index (χ0v) is 10.7. The maximum atomic E-state index is 11.4. The Bertz CT molecular complexity index is 572. The number of hydrogen-bond donors (Lipinski definition) is 1. The van der Waals surface area contributed by atoms with Crippen LogP contribution >= 0.6 is 11.3 Å². The number of anilines is 1. The van der Waals surface area contributed by atoms with Gasteiger partial charge in [0.15, 0.2) is 5.13 Å². The van der Waals surface area contributed by atoms with Crippen molar-refractivity contribution in [1.29, 1.82) is 0 Å². The molecule has 0 atom stereocenters. The summed E-state index contributed by atoms with van der Waals surface area (Å²) in [5.74, 6) is -0.137. The number of carbonyl (C=O) groups is 1. The first kappa shape index (κ1) is 11.8. The first-order chi connectivity index (χ1) is 8.22. The minimum Gasteiger partial charge on any atom is -0.298 e. The normalized spacial score (nSPS) is 11.2. The van der Waals surface area contributed by atoms with Crippen molar-refractivity contribution in [3.8, 4) is 0 Å². The molecule has 0 bridgehead atoms. The van der Waals surface area contributed by atoms with E-state index in [2.05, 4.69) is 29.4 Å². The summed E-state index contributed by atoms with van der Waals surface area (Å²) in [5, 5.41) is 3.40. The van der Waals surface area contributed by atoms with Gasteiger partial charge in [-0.15, -0.1) is 0 Å². The van der Waals surface area contributed by atoms with Crippen LogP contribution in [0.4, 0.5) is 5.13 Å². The Balaban J connectivity index is 2.28. The van der Waals surface area contributed by atoms with Gasteiger partial charge in [-0.3, -0.25) is 10.1 Å². The van der Waals surface area contributed by atoms with E-state index in [-0.39, 0.29) is 5.91 Å². The van der Waals surface area contributed by atoms with Crippen molar-refractivity contribution in [2.75, 3.05) is 5.32 Å². The number of hydrogen-bond acceptors (Lipinski definition) is 3. The molecule has 2 aromatic rings. The first-order valence-corrected chi connectivity index (χ1v) is 6.37. The Kier molecular flexibility index (Phi) is 3.54. The van der Waals surface area contributed by atoms with Crippen molar-refractivity contribution < 1.29 is 4.79 Å². The average Bonchev–Trinajstić information content (AvgIpc) is 2.69. The number of thiazole rings is 1. The molecule has 0 aliphatic heterocycles. The Morgan fingerprint density at radius 1 is 1.53 bits per heavy atom. The summed E-state index contributed by atoms with van der Waals surface area (Å²) in [6.45, 7) is 3.93. The number of allylic oxidation sites excluding steroid dienone is 1. The molecule has 2 rings (SSSR count). The van der Waals surface area contributed by atoms with Crippen molar-refractivity contribution in [3.63, 3.8) is 0 Å². The molecule has 0 aliphatic rings. The number of benzene rings is 1. The van der Waals surface area contributed by atoms with Crippen LogP contribution in [-0.4, -0.2) is 10.9 Å². The lowest BCUT2D eigenvalue weighted by Gasteiger charge is -1.93. The standard InChI is InChI=1S/C13H14N2OS/c1-3-5-12(16)15-13-14-10-7-6-9(4-2)8-11(10)17-13/h3,5-8H,4H2,1-2H3,(H,14,15,16)/b5-3+. The molecule has 1 N–H and O–H groups in total. The van der Waals surface area contributed by atoms with Crippen molar-refractivity contribution in [2.45, 2.75) is 20.3 Å². The molecule has 0 unspecified atom stereocenters. The van der Waals surface area contributed by atoms with Gasteiger partial charge in [0.2, 0.25) is 5.91 Å². The number of amides is 1. The van der Waals surface area contributed by atoms with Crippen LogP contribution in [0.3, 0.4) is 0 Å². The molecule has 1 aromatic carbocycles. The van der Waals surface area contributed by atoms with Crippen molar-refractivity contribution in [1.82, 2.24) is 4.98 Å². The minimum atomic E-state index is -0.137. The van der Waals surface area contributed by atoms with Crippen LogP contribution in [0.5, 0.6) is 0 Å². The number of nitrogens with zero attached hydrogens (tertiary/aromatic N) is 1. The highest BCUT2D eigenvalue weighted by atomic mass is 32.1. The summed E-state index contributed by atoms with van der Waals surface area (Å²) < 4.78 is 1.11. The molecule has 0 saturated carbocycles. The smallest absolute Gasteiger partial charge is 0.249 e. The van der Waals surface area contributed by atoms with Crippen LogP contribution in [0.2, 0.25) is 0 Å². The Labute approximate surface area is 104 Å². The lowest BCUT2D eigenvalue weighted by molar-refractivity contribution is -0.111. The fraction of sp³-hybridized carbons (Fsp3) is 0.231. The summed E-state index contributed by atoms with van der Waals surface area (Å²) in [7, 11) is 0. The second kappa shape index (κ2) is 5.10. The van der Waals surface area contributed by atoms with E-state index >= 15 is 0 Å². The van der Waals surface area contributed by atoms with Gasteiger partial charge >= 0.3 is 0 Å². The molecule has 0 fully saturated rings. The number of aromatic nitrogens is 1. The number of fused-ring (bicyclic) bond motifs is 1. The van der Waals surface area contributed by atoms with Crippen LogP contribution in [-0.2, 0) is 11.2 Å². The third-order valence-electron chi connectivity index (χ3n) is 2.41. The average molecular weight is 246 g/mol. The minimum absolute atomic E-state index is 0.137. The summed E-state index contributed by atoms with van der Waals surface area (Å²) in [5.41, 5.74) is 2.22. The molecule has 0 spiro atoms. The van der Waals surface area contributed by atoms with Gasteiger partial charge < -0.3 is 0 Å². The second-order valence-electron chi connectivity index (χ2n) is 3.66. The molecule has 1 amide bonds. The van der Waals surface area contributed by atoms with E-state index < -0.39 is 0 Å². The summed E-state index contributed by atoms with van der Waals surface area (Å²) in [4.78, 5) is 15.7. The number of nitrogens with one attached hydrogen (secondary N) is 1. The highest BCUT2D eigenvalue weighted by molar-refractivity contribution is 7.22. The third-order valence-corrected chi connectivity index (χ3v) is 3.34. The Morgan fingerprint density at radius 3 is 3.06 bits per heavy atom. The summed E-state index contributed by atoms with van der Waals surface area (Å²) in [6.07, 6.45) is 4.20. The monoisotopic (exact) mass is 246 g/mol. The first-order valence-electron chi connectivity index (χ1n) is 5.56. The van der Waals surface area contributed by atoms with E-state index in [9.17, 15) is 4.79 Å². The summed E-state index contributed by atoms with van der Waals surface area (Å²) >= 11 is 1.50. The fourth-order valence-electron chi connectivity index (χ4n) is 1.54. The van der Waals surface area contributed by atoms with Crippen molar-refractivity contribution >= 4 is 32.6 Å². The zero-order valence-electron chi connectivity index (χ0n) is 9.86. The molecular weight excluding hydrogens is 232 g/mol. The molecule has 17 heavy (non-hydrogen) atoms. The lowest BCUT2D eigenvalue weighted by atomic mass is 10.2. The van der Waals surface area contributed by atoms with Gasteiger partial charge in [0.1, 0.15) is 0 Å². The SMILES string of the molecule is C/C=C/C(=O)Nc1nc2ccc(CC)cc2s1. The van der Waals surface area contributed by atoms with E-state index in [1.807, 2.05) is 13.0 Å². The van der Waals surface area contributed by atoms with Gasteiger partial charge in [-0.1, -0.05) is 30.4 Å². The molecule has 0 aliphatic carbocycles. The highest BCUT2D eigenvalue weighted by Crippen LogP contribution is 2.26. The zero-order chi connectivity index (χ0) is 12.3. The molecule has 0 radical (unpaired) electrons. The second-order valence-corrected chi connectivity index (χ2v) is 4.69. The maximum absolute atomic E-state index is 11.4. The van der Waals surface area contributed by atoms with Gasteiger partial charge in [0, 0.05) is 0 Å². The van der Waals surface area contributed by atoms with E-state index in [0.717, 1.165) is 16.6 Å². The van der Waals surface area contributed by atoms with Crippen LogP contribution in [0, 0.1) is 0 Å². The van der Waals surface area contributed by atoms with E-state index in [1.165, 1.54) is 23.0 Å². The largest absolute Gasteiger partial charge is 0.298 e. The third kappa shape index (κ3) is 2.71. The number of aryl methyl sites for hydroxylation is 1. The van der Waals surface area contributed by atoms with Crippen LogP contribution < -0.4 is 5.32 Å². The van der Waals surface area contributed by atoms with Crippen molar-refractivity contribution in [3.05, 3.63) is 35.9 Å². The van der Waals surface area contributed by atoms with Crippen LogP contribution in [0.1, 0.15) is 19.4 Å². The molecule has 3 nitrogen and oxygen atoms in total. The Morgan fingerprint density at radius 2 is 2.35 bits per heavy atom. The summed E-state index contributed by atoms with van der Waals surface area (Å²) in [6, 6.07) is 6.19. The molecule has 1 aromatic heterocycles. The van der Waals surface area contributed by atoms with Gasteiger partial charge in [0.05, 0.1) is 10.2 Å². The van der Waals surface area contributed by atoms with Gasteiger partial charge in [-0.05, 0) is 37.1 Å². The van der Waals surface area contributed by atoms with Crippen molar-refractivity contribution in [2.24, 2.45) is 0 Å². The van der Waals surface area contributed by atoms with Crippen LogP contribution in [0.15, 0.2) is 30.4 Å². The quantitative estimate of drug-likeness (QED) is 0.844. The fourth-order valence-corrected chi connectivity index (χ4v) is 2.47. The highest BCUT2D eigenvalue weighted by Gasteiger charge is 2.05. The molecule has 4 heteroatoms. The number of carbonyl (C=O) groups excluding carboxylic acids is 1. The maximum Gasteiger partial charge on any atom is 0.249 e. The molecule has 88 valence electrons. The van der Waals surface area contributed by atoms with E-state index in [4.69, 9.17) is 0 Å². The molecular formula is C13H14N2OS. The van der Waals surface area contributed by atoms with E-state index in [1.54, 1.807) is 6.08 Å². The predicted octanol–water partition coefficient (Wildman–Crippen LogP) is 3.37. The lowest BCUT2D eigenvalue weighted by Crippen LogP contribution is -2.06.